The zero-order valence-electron chi connectivity index (χ0n) is 17.7. The summed E-state index contributed by atoms with van der Waals surface area (Å²) in [5.41, 5.74) is 6.64. The lowest BCUT2D eigenvalue weighted by molar-refractivity contribution is -0.142. The molecule has 2 heterocycles. The summed E-state index contributed by atoms with van der Waals surface area (Å²) in [6.07, 6.45) is 1.50. The Morgan fingerprint density at radius 1 is 1.25 bits per heavy atom. The molecule has 1 fully saturated rings. The molecule has 7 nitrogen and oxygen atoms in total. The van der Waals surface area contributed by atoms with E-state index in [2.05, 4.69) is 4.98 Å². The zero-order valence-corrected chi connectivity index (χ0v) is 18.5. The van der Waals surface area contributed by atoms with Crippen molar-refractivity contribution in [1.29, 1.82) is 0 Å². The number of morpholine rings is 1. The monoisotopic (exact) mass is 453 g/mol. The van der Waals surface area contributed by atoms with Crippen LogP contribution in [0.3, 0.4) is 0 Å². The van der Waals surface area contributed by atoms with Gasteiger partial charge in [-0.05, 0) is 42.8 Å². The van der Waals surface area contributed by atoms with Crippen molar-refractivity contribution in [3.63, 3.8) is 0 Å². The van der Waals surface area contributed by atoms with Crippen molar-refractivity contribution in [2.75, 3.05) is 26.3 Å². The lowest BCUT2D eigenvalue weighted by Gasteiger charge is -2.42. The Morgan fingerprint density at radius 3 is 2.84 bits per heavy atom. The van der Waals surface area contributed by atoms with E-state index < -0.39 is 11.5 Å². The smallest absolute Gasteiger partial charge is 0.255 e. The van der Waals surface area contributed by atoms with Gasteiger partial charge in [0.2, 0.25) is 5.91 Å². The Morgan fingerprint density at radius 2 is 2.06 bits per heavy atom. The molecule has 0 spiro atoms. The van der Waals surface area contributed by atoms with Gasteiger partial charge in [-0.15, -0.1) is 0 Å². The number of ether oxygens (including phenoxy) is 2. The number of amides is 2. The number of hydrogen-bond acceptors (Lipinski definition) is 5. The van der Waals surface area contributed by atoms with Crippen LogP contribution in [-0.2, 0) is 9.53 Å². The Labute approximate surface area is 191 Å². The van der Waals surface area contributed by atoms with Gasteiger partial charge < -0.3 is 20.1 Å². The number of aromatic nitrogens is 1. The number of para-hydroxylation sites is 1. The fourth-order valence-electron chi connectivity index (χ4n) is 3.87. The van der Waals surface area contributed by atoms with Crippen molar-refractivity contribution in [2.45, 2.75) is 18.9 Å². The van der Waals surface area contributed by atoms with Crippen molar-refractivity contribution >= 4 is 34.3 Å². The number of benzene rings is 2. The maximum Gasteiger partial charge on any atom is 0.255 e. The van der Waals surface area contributed by atoms with Crippen LogP contribution in [0, 0.1) is 6.92 Å². The van der Waals surface area contributed by atoms with E-state index in [1.807, 2.05) is 43.3 Å². The van der Waals surface area contributed by atoms with E-state index in [1.165, 1.54) is 0 Å². The predicted octanol–water partition coefficient (Wildman–Crippen LogP) is 3.36. The average Bonchev–Trinajstić information content (AvgIpc) is 2.79. The van der Waals surface area contributed by atoms with Crippen molar-refractivity contribution in [1.82, 2.24) is 9.88 Å². The first-order valence-corrected chi connectivity index (χ1v) is 10.7. The minimum atomic E-state index is -1.04. The summed E-state index contributed by atoms with van der Waals surface area (Å²) in [5, 5.41) is 1.52. The molecule has 3 aromatic rings. The Kier molecular flexibility index (Phi) is 6.30. The molecule has 1 aromatic heterocycles. The van der Waals surface area contributed by atoms with Crippen LogP contribution in [0.2, 0.25) is 5.02 Å². The third-order valence-corrected chi connectivity index (χ3v) is 5.92. The van der Waals surface area contributed by atoms with Crippen LogP contribution in [-0.4, -0.2) is 53.6 Å². The molecule has 2 aromatic carbocycles. The molecule has 32 heavy (non-hydrogen) atoms. The second-order valence-electron chi connectivity index (χ2n) is 8.02. The van der Waals surface area contributed by atoms with Gasteiger partial charge in [0.15, 0.2) is 0 Å². The number of carbonyl (C=O) groups is 2. The topological polar surface area (TPSA) is 94.8 Å². The zero-order chi connectivity index (χ0) is 22.7. The van der Waals surface area contributed by atoms with Gasteiger partial charge in [0.1, 0.15) is 18.0 Å². The normalized spacial score (nSPS) is 18.5. The first-order chi connectivity index (χ1) is 15.3. The average molecular weight is 454 g/mol. The van der Waals surface area contributed by atoms with Crippen LogP contribution in [0.5, 0.6) is 5.75 Å². The summed E-state index contributed by atoms with van der Waals surface area (Å²) in [5.74, 6) is -0.105. The second kappa shape index (κ2) is 9.14. The summed E-state index contributed by atoms with van der Waals surface area (Å²) < 4.78 is 11.9. The van der Waals surface area contributed by atoms with Crippen molar-refractivity contribution in [3.8, 4) is 5.75 Å². The molecule has 0 unspecified atom stereocenters. The van der Waals surface area contributed by atoms with Crippen molar-refractivity contribution in [2.24, 2.45) is 5.73 Å². The number of carbonyl (C=O) groups excluding carboxylic acids is 2. The maximum atomic E-state index is 13.2. The molecule has 2 N–H and O–H groups in total. The Balaban J connectivity index is 1.54. The third kappa shape index (κ3) is 4.84. The van der Waals surface area contributed by atoms with Crippen molar-refractivity contribution < 1.29 is 19.1 Å². The standard InChI is InChI=1S/C24H24ClN3O4/c1-16-10-19(6-7-20(16)25)31-15-24(12-22(26)29)14-28(8-9-32-24)23(30)18-11-17-4-2-3-5-21(17)27-13-18/h2-7,10-11,13H,8-9,12,14-15H2,1H3,(H2,26,29)/t24-/m0/s1. The van der Waals surface area contributed by atoms with Crippen LogP contribution in [0.25, 0.3) is 10.9 Å². The number of rotatable bonds is 6. The van der Waals surface area contributed by atoms with Gasteiger partial charge in [-0.25, -0.2) is 0 Å². The minimum absolute atomic E-state index is 0.0662. The number of halogens is 1. The minimum Gasteiger partial charge on any atom is -0.490 e. The number of hydrogen-bond donors (Lipinski definition) is 1. The van der Waals surface area contributed by atoms with Gasteiger partial charge >= 0.3 is 0 Å². The molecule has 0 radical (unpaired) electrons. The molecule has 1 aliphatic rings. The molecule has 0 bridgehead atoms. The van der Waals surface area contributed by atoms with Gasteiger partial charge in [0, 0.05) is 23.2 Å². The molecule has 1 aliphatic heterocycles. The number of nitrogens with zero attached hydrogens (tertiary/aromatic N) is 2. The van der Waals surface area contributed by atoms with E-state index in [0.29, 0.717) is 22.9 Å². The van der Waals surface area contributed by atoms with E-state index in [-0.39, 0.29) is 32.1 Å². The molecule has 8 heteroatoms. The van der Waals surface area contributed by atoms with Crippen LogP contribution in [0.1, 0.15) is 22.3 Å². The van der Waals surface area contributed by atoms with E-state index >= 15 is 0 Å². The number of fused-ring (bicyclic) bond motifs is 1. The first-order valence-electron chi connectivity index (χ1n) is 10.3. The molecule has 1 saturated heterocycles. The highest BCUT2D eigenvalue weighted by Gasteiger charge is 2.41. The molecule has 166 valence electrons. The number of nitrogens with two attached hydrogens (primary N) is 1. The molecule has 4 rings (SSSR count). The van der Waals surface area contributed by atoms with Crippen LogP contribution in [0.15, 0.2) is 54.7 Å². The van der Waals surface area contributed by atoms with E-state index in [4.69, 9.17) is 26.8 Å². The molecule has 2 amide bonds. The van der Waals surface area contributed by atoms with Crippen LogP contribution >= 0.6 is 11.6 Å². The van der Waals surface area contributed by atoms with E-state index in [1.54, 1.807) is 23.2 Å². The largest absolute Gasteiger partial charge is 0.490 e. The van der Waals surface area contributed by atoms with Gasteiger partial charge in [0.05, 0.1) is 30.7 Å². The summed E-state index contributed by atoms with van der Waals surface area (Å²) in [6, 6.07) is 14.7. The number of pyridine rings is 1. The highest BCUT2D eigenvalue weighted by Crippen LogP contribution is 2.27. The molecule has 1 atom stereocenters. The predicted molar refractivity (Wildman–Crippen MR) is 122 cm³/mol. The summed E-state index contributed by atoms with van der Waals surface area (Å²) >= 11 is 6.08. The van der Waals surface area contributed by atoms with Gasteiger partial charge in [-0.3, -0.25) is 14.6 Å². The quantitative estimate of drug-likeness (QED) is 0.617. The fourth-order valence-corrected chi connectivity index (χ4v) is 3.99. The van der Waals surface area contributed by atoms with Gasteiger partial charge in [-0.2, -0.15) is 0 Å². The summed E-state index contributed by atoms with van der Waals surface area (Å²) in [6.45, 7) is 2.78. The van der Waals surface area contributed by atoms with Gasteiger partial charge in [-0.1, -0.05) is 29.8 Å². The molecular formula is C24H24ClN3O4. The summed E-state index contributed by atoms with van der Waals surface area (Å²) in [4.78, 5) is 31.1. The molecular weight excluding hydrogens is 430 g/mol. The second-order valence-corrected chi connectivity index (χ2v) is 8.42. The summed E-state index contributed by atoms with van der Waals surface area (Å²) in [7, 11) is 0. The molecule has 0 aliphatic carbocycles. The Bertz CT molecular complexity index is 1170. The first kappa shape index (κ1) is 22.0. The molecule has 0 saturated carbocycles. The Hall–Kier alpha value is -3.16. The van der Waals surface area contributed by atoms with Crippen LogP contribution in [0.4, 0.5) is 0 Å². The van der Waals surface area contributed by atoms with E-state index in [0.717, 1.165) is 16.5 Å². The fraction of sp³-hybridized carbons (Fsp3) is 0.292. The van der Waals surface area contributed by atoms with Crippen LogP contribution < -0.4 is 10.5 Å². The third-order valence-electron chi connectivity index (χ3n) is 5.50. The highest BCUT2D eigenvalue weighted by molar-refractivity contribution is 6.31. The lowest BCUT2D eigenvalue weighted by atomic mass is 9.97. The maximum absolute atomic E-state index is 13.2. The highest BCUT2D eigenvalue weighted by atomic mass is 35.5. The van der Waals surface area contributed by atoms with Gasteiger partial charge in [0.25, 0.3) is 5.91 Å². The van der Waals surface area contributed by atoms with Crippen molar-refractivity contribution in [3.05, 3.63) is 70.9 Å². The SMILES string of the molecule is Cc1cc(OC[C@]2(CC(N)=O)CN(C(=O)c3cnc4ccccc4c3)CCO2)ccc1Cl. The lowest BCUT2D eigenvalue weighted by Crippen LogP contribution is -2.58. The number of aryl methyl sites for hydroxylation is 1. The number of primary amides is 1. The van der Waals surface area contributed by atoms with E-state index in [9.17, 15) is 9.59 Å².